The molecule has 0 atom stereocenters. The summed E-state index contributed by atoms with van der Waals surface area (Å²) in [5.41, 5.74) is 0. The Bertz CT molecular complexity index is 763. The zero-order valence-corrected chi connectivity index (χ0v) is 18.2. The molecule has 28 heavy (non-hydrogen) atoms. The lowest BCUT2D eigenvalue weighted by molar-refractivity contribution is 1.50. The first-order chi connectivity index (χ1) is 13.9. The van der Waals surface area contributed by atoms with E-state index in [0.717, 1.165) is 0 Å². The molecule has 2 heteroatoms. The topological polar surface area (TPSA) is 0 Å². The van der Waals surface area contributed by atoms with Crippen molar-refractivity contribution in [2.75, 3.05) is 0 Å². The lowest BCUT2D eigenvalue weighted by Gasteiger charge is -2.29. The molecule has 0 aliphatic heterocycles. The van der Waals surface area contributed by atoms with Crippen LogP contribution in [0.1, 0.15) is 13.8 Å². The van der Waals surface area contributed by atoms with Gasteiger partial charge in [0, 0.05) is 0 Å². The number of hydrogen-bond acceptors (Lipinski definition) is 0. The van der Waals surface area contributed by atoms with Crippen LogP contribution in [0.2, 0.25) is 0 Å². The van der Waals surface area contributed by atoms with E-state index in [4.69, 9.17) is 0 Å². The van der Waals surface area contributed by atoms with E-state index in [1.807, 2.05) is 13.8 Å². The van der Waals surface area contributed by atoms with Gasteiger partial charge in [0.05, 0.1) is 0 Å². The van der Waals surface area contributed by atoms with Crippen molar-refractivity contribution in [2.45, 2.75) is 13.8 Å². The predicted molar refractivity (Wildman–Crippen MR) is 129 cm³/mol. The molecule has 4 aromatic rings. The number of benzene rings is 4. The summed E-state index contributed by atoms with van der Waals surface area (Å²) in [5.74, 6) is 0. The van der Waals surface area contributed by atoms with Gasteiger partial charge in [-0.25, -0.2) is 0 Å². The van der Waals surface area contributed by atoms with Gasteiger partial charge in [-0.3, -0.25) is 0 Å². The Kier molecular flexibility index (Phi) is 7.98. The molecule has 0 spiro atoms. The van der Waals surface area contributed by atoms with Crippen molar-refractivity contribution in [3.05, 3.63) is 121 Å². The van der Waals surface area contributed by atoms with Crippen molar-refractivity contribution in [3.63, 3.8) is 0 Å². The van der Waals surface area contributed by atoms with Crippen molar-refractivity contribution < 1.29 is 0 Å². The van der Waals surface area contributed by atoms with Crippen LogP contribution in [0.25, 0.3) is 0 Å². The number of rotatable bonds is 5. The molecule has 0 N–H and O–H groups in total. The highest BCUT2D eigenvalue weighted by molar-refractivity contribution is 8.41. The molecule has 140 valence electrons. The Balaban J connectivity index is 0.00000109. The van der Waals surface area contributed by atoms with Gasteiger partial charge in [-0.05, 0) is 36.4 Å². The van der Waals surface area contributed by atoms with Gasteiger partial charge in [-0.15, -0.1) is 0 Å². The molecule has 0 heterocycles. The minimum Gasteiger partial charge on any atom is -0.0683 e. The normalized spacial score (nSPS) is 10.4. The highest BCUT2D eigenvalue weighted by atomic mass is 32.1. The maximum absolute atomic E-state index is 2.29. The van der Waals surface area contributed by atoms with E-state index in [1.54, 1.807) is 0 Å². The molecule has 0 aromatic heterocycles. The first-order valence-corrected chi connectivity index (χ1v) is 13.1. The third kappa shape index (κ3) is 4.96. The molecule has 4 aromatic carbocycles. The minimum atomic E-state index is -0.502. The molecule has 0 bridgehead atoms. The van der Waals surface area contributed by atoms with Gasteiger partial charge >= 0.3 is 0 Å². The fourth-order valence-corrected chi connectivity index (χ4v) is 10.7. The van der Waals surface area contributed by atoms with Gasteiger partial charge < -0.3 is 0 Å². The van der Waals surface area contributed by atoms with E-state index in [-0.39, 0.29) is 0 Å². The second kappa shape index (κ2) is 10.9. The summed E-state index contributed by atoms with van der Waals surface area (Å²) in [7, 11) is -1.00. The molecule has 4 rings (SSSR count). The molecule has 0 nitrogen and oxygen atoms in total. The van der Waals surface area contributed by atoms with Gasteiger partial charge in [0.25, 0.3) is 0 Å². The van der Waals surface area contributed by atoms with Crippen molar-refractivity contribution in [2.24, 2.45) is 0 Å². The highest BCUT2D eigenvalue weighted by Gasteiger charge is 2.27. The molecule has 0 amide bonds. The van der Waals surface area contributed by atoms with E-state index in [2.05, 4.69) is 121 Å². The van der Waals surface area contributed by atoms with Gasteiger partial charge in [0.2, 0.25) is 0 Å². The Morgan fingerprint density at radius 2 is 0.500 bits per heavy atom. The summed E-state index contributed by atoms with van der Waals surface area (Å²) in [4.78, 5) is 0. The van der Waals surface area contributed by atoms with E-state index < -0.39 is 15.2 Å². The maximum Gasteiger partial charge on any atom is -0.0100 e. The molecule has 0 aliphatic rings. The fourth-order valence-electron chi connectivity index (χ4n) is 3.04. The van der Waals surface area contributed by atoms with E-state index in [1.165, 1.54) is 21.2 Å². The molecule has 0 radical (unpaired) electrons. The van der Waals surface area contributed by atoms with Crippen LogP contribution >= 0.6 is 15.2 Å². The largest absolute Gasteiger partial charge is 0.0683 e. The van der Waals surface area contributed by atoms with E-state index in [0.29, 0.717) is 0 Å². The molecule has 0 aliphatic carbocycles. The lowest BCUT2D eigenvalue weighted by Crippen LogP contribution is -2.19. The Labute approximate surface area is 171 Å². The Hall–Kier alpha value is -2.26. The van der Waals surface area contributed by atoms with Crippen molar-refractivity contribution in [1.29, 1.82) is 0 Å². The standard InChI is InChI=1S/C24H20P2.C2H6/c1-5-13-21(14-6-1)25(22-15-7-2-8-16-22)26(23-17-9-3-10-18-23)24-19-11-4-12-20-24;1-2/h1-20H;1-2H3. The third-order valence-electron chi connectivity index (χ3n) is 4.20. The van der Waals surface area contributed by atoms with Crippen molar-refractivity contribution in [3.8, 4) is 0 Å². The Morgan fingerprint density at radius 3 is 0.679 bits per heavy atom. The van der Waals surface area contributed by atoms with Gasteiger partial charge in [0.1, 0.15) is 0 Å². The van der Waals surface area contributed by atoms with E-state index in [9.17, 15) is 0 Å². The molecule has 0 saturated carbocycles. The zero-order chi connectivity index (χ0) is 19.6. The van der Waals surface area contributed by atoms with Crippen LogP contribution in [0.5, 0.6) is 0 Å². The third-order valence-corrected chi connectivity index (χ3v) is 11.7. The van der Waals surface area contributed by atoms with Crippen LogP contribution < -0.4 is 21.2 Å². The van der Waals surface area contributed by atoms with Gasteiger partial charge in [0.15, 0.2) is 0 Å². The van der Waals surface area contributed by atoms with Crippen LogP contribution in [0, 0.1) is 0 Å². The molecule has 0 unspecified atom stereocenters. The molecule has 0 fully saturated rings. The predicted octanol–water partition coefficient (Wildman–Crippen LogP) is 6.19. The van der Waals surface area contributed by atoms with Crippen LogP contribution in [0.15, 0.2) is 121 Å². The van der Waals surface area contributed by atoms with Gasteiger partial charge in [-0.2, -0.15) is 0 Å². The second-order valence-corrected chi connectivity index (χ2v) is 11.7. The summed E-state index contributed by atoms with van der Waals surface area (Å²) in [5, 5.41) is 5.75. The number of hydrogen-bond donors (Lipinski definition) is 0. The zero-order valence-electron chi connectivity index (χ0n) is 16.4. The SMILES string of the molecule is CC.c1ccc(P(c2ccccc2)P(c2ccccc2)c2ccccc2)cc1. The van der Waals surface area contributed by atoms with Crippen LogP contribution in [0.3, 0.4) is 0 Å². The van der Waals surface area contributed by atoms with Crippen molar-refractivity contribution in [1.82, 2.24) is 0 Å². The fraction of sp³-hybridized carbons (Fsp3) is 0.0769. The summed E-state index contributed by atoms with van der Waals surface area (Å²) >= 11 is 0. The molecular weight excluding hydrogens is 374 g/mol. The highest BCUT2D eigenvalue weighted by Crippen LogP contribution is 2.65. The first-order valence-electron chi connectivity index (χ1n) is 9.74. The smallest absolute Gasteiger partial charge is 0.0100 e. The average molecular weight is 400 g/mol. The summed E-state index contributed by atoms with van der Waals surface area (Å²) < 4.78 is 0. The Morgan fingerprint density at radius 1 is 0.321 bits per heavy atom. The first kappa shape index (κ1) is 20.5. The monoisotopic (exact) mass is 400 g/mol. The second-order valence-electron chi connectivity index (χ2n) is 5.97. The minimum absolute atomic E-state index is 0.502. The van der Waals surface area contributed by atoms with Crippen molar-refractivity contribution >= 4 is 36.4 Å². The van der Waals surface area contributed by atoms with Gasteiger partial charge in [-0.1, -0.05) is 135 Å². The van der Waals surface area contributed by atoms with Crippen LogP contribution in [-0.4, -0.2) is 0 Å². The molecule has 0 saturated heterocycles. The van der Waals surface area contributed by atoms with E-state index >= 15 is 0 Å². The van der Waals surface area contributed by atoms with Crippen LogP contribution in [-0.2, 0) is 0 Å². The van der Waals surface area contributed by atoms with Crippen LogP contribution in [0.4, 0.5) is 0 Å². The maximum atomic E-state index is 2.29. The summed E-state index contributed by atoms with van der Waals surface area (Å²) in [6.07, 6.45) is 0. The summed E-state index contributed by atoms with van der Waals surface area (Å²) in [6, 6.07) is 44.1. The quantitative estimate of drug-likeness (QED) is 0.350. The molecular formula is C26H26P2. The summed E-state index contributed by atoms with van der Waals surface area (Å²) in [6.45, 7) is 4.00. The lowest BCUT2D eigenvalue weighted by atomic mass is 10.4. The average Bonchev–Trinajstić information content (AvgIpc) is 2.81.